The Morgan fingerprint density at radius 1 is 1.38 bits per heavy atom. The second-order valence-corrected chi connectivity index (χ2v) is 5.20. The van der Waals surface area contributed by atoms with Crippen molar-refractivity contribution in [2.75, 3.05) is 6.54 Å². The van der Waals surface area contributed by atoms with Crippen molar-refractivity contribution in [3.63, 3.8) is 0 Å². The Hall–Kier alpha value is -1.02. The molecule has 1 aliphatic rings. The van der Waals surface area contributed by atoms with E-state index in [-0.39, 0.29) is 5.60 Å². The number of nitrogens with two attached hydrogens (primary N) is 1. The zero-order valence-corrected chi connectivity index (χ0v) is 10.3. The van der Waals surface area contributed by atoms with E-state index < -0.39 is 0 Å². The first-order valence-electron chi connectivity index (χ1n) is 6.12. The van der Waals surface area contributed by atoms with Crippen LogP contribution in [0.5, 0.6) is 5.75 Å². The van der Waals surface area contributed by atoms with Crippen LogP contribution in [0.3, 0.4) is 0 Å². The van der Waals surface area contributed by atoms with Crippen molar-refractivity contribution in [2.45, 2.75) is 45.1 Å². The van der Waals surface area contributed by atoms with E-state index in [2.05, 4.69) is 32.0 Å². The van der Waals surface area contributed by atoms with Gasteiger partial charge in [0, 0.05) is 0 Å². The highest BCUT2D eigenvalue weighted by molar-refractivity contribution is 5.39. The van der Waals surface area contributed by atoms with Crippen molar-refractivity contribution in [1.82, 2.24) is 0 Å². The molecule has 1 aliphatic heterocycles. The number of rotatable bonds is 3. The minimum atomic E-state index is -0.00816. The molecule has 0 spiro atoms. The minimum absolute atomic E-state index is 0.00816. The topological polar surface area (TPSA) is 35.2 Å². The van der Waals surface area contributed by atoms with E-state index in [0.717, 1.165) is 38.0 Å². The zero-order chi connectivity index (χ0) is 11.6. The fourth-order valence-electron chi connectivity index (χ4n) is 2.17. The Balaban J connectivity index is 2.15. The molecule has 2 N–H and O–H groups in total. The van der Waals surface area contributed by atoms with Crippen LogP contribution < -0.4 is 10.5 Å². The van der Waals surface area contributed by atoms with E-state index in [9.17, 15) is 0 Å². The summed E-state index contributed by atoms with van der Waals surface area (Å²) in [6.45, 7) is 5.07. The average molecular weight is 219 g/mol. The van der Waals surface area contributed by atoms with E-state index >= 15 is 0 Å². The second kappa shape index (κ2) is 4.46. The SMILES string of the molecule is CC1(C)CCc2cc(CCCN)ccc2O1. The molecule has 88 valence electrons. The predicted molar refractivity (Wildman–Crippen MR) is 66.8 cm³/mol. The molecule has 0 amide bonds. The molecule has 0 unspecified atom stereocenters. The number of fused-ring (bicyclic) bond motifs is 1. The normalized spacial score (nSPS) is 17.7. The summed E-state index contributed by atoms with van der Waals surface area (Å²) < 4.78 is 5.95. The van der Waals surface area contributed by atoms with Gasteiger partial charge in [0.2, 0.25) is 0 Å². The highest BCUT2D eigenvalue weighted by atomic mass is 16.5. The molecule has 16 heavy (non-hydrogen) atoms. The van der Waals surface area contributed by atoms with Crippen LogP contribution >= 0.6 is 0 Å². The van der Waals surface area contributed by atoms with Crippen molar-refractivity contribution < 1.29 is 4.74 Å². The largest absolute Gasteiger partial charge is 0.488 e. The van der Waals surface area contributed by atoms with Crippen LogP contribution in [0.15, 0.2) is 18.2 Å². The lowest BCUT2D eigenvalue weighted by Gasteiger charge is -2.32. The lowest BCUT2D eigenvalue weighted by molar-refractivity contribution is 0.0846. The Kier molecular flexibility index (Phi) is 3.20. The first-order valence-corrected chi connectivity index (χ1v) is 6.12. The third-order valence-electron chi connectivity index (χ3n) is 3.18. The molecule has 0 bridgehead atoms. The first-order chi connectivity index (χ1) is 7.61. The Labute approximate surface area is 97.8 Å². The molecule has 0 saturated heterocycles. The smallest absolute Gasteiger partial charge is 0.123 e. The molecular formula is C14H21NO. The van der Waals surface area contributed by atoms with Gasteiger partial charge in [0.05, 0.1) is 0 Å². The third-order valence-corrected chi connectivity index (χ3v) is 3.18. The monoisotopic (exact) mass is 219 g/mol. The Morgan fingerprint density at radius 3 is 2.94 bits per heavy atom. The molecule has 0 aromatic heterocycles. The summed E-state index contributed by atoms with van der Waals surface area (Å²) in [6, 6.07) is 6.55. The minimum Gasteiger partial charge on any atom is -0.488 e. The Bertz CT molecular complexity index is 371. The molecule has 0 atom stereocenters. The van der Waals surface area contributed by atoms with Gasteiger partial charge in [-0.25, -0.2) is 0 Å². The van der Waals surface area contributed by atoms with Crippen LogP contribution in [-0.4, -0.2) is 12.1 Å². The van der Waals surface area contributed by atoms with Crippen LogP contribution in [0, 0.1) is 0 Å². The van der Waals surface area contributed by atoms with Gasteiger partial charge in [-0.15, -0.1) is 0 Å². The molecule has 1 aromatic rings. The molecule has 0 aliphatic carbocycles. The van der Waals surface area contributed by atoms with Gasteiger partial charge in [0.25, 0.3) is 0 Å². The van der Waals surface area contributed by atoms with Crippen molar-refractivity contribution in [2.24, 2.45) is 5.73 Å². The maximum absolute atomic E-state index is 5.95. The molecule has 0 fully saturated rings. The molecule has 1 heterocycles. The summed E-state index contributed by atoms with van der Waals surface area (Å²) in [5.41, 5.74) is 8.25. The van der Waals surface area contributed by atoms with E-state index in [0.29, 0.717) is 0 Å². The first kappa shape index (κ1) is 11.5. The van der Waals surface area contributed by atoms with Gasteiger partial charge in [-0.05, 0) is 63.3 Å². The highest BCUT2D eigenvalue weighted by Crippen LogP contribution is 2.33. The highest BCUT2D eigenvalue weighted by Gasteiger charge is 2.26. The summed E-state index contributed by atoms with van der Waals surface area (Å²) in [4.78, 5) is 0. The molecule has 0 radical (unpaired) electrons. The fourth-order valence-corrected chi connectivity index (χ4v) is 2.17. The maximum Gasteiger partial charge on any atom is 0.123 e. The van der Waals surface area contributed by atoms with Crippen LogP contribution in [-0.2, 0) is 12.8 Å². The molecule has 1 aromatic carbocycles. The van der Waals surface area contributed by atoms with E-state index in [4.69, 9.17) is 10.5 Å². The number of benzene rings is 1. The van der Waals surface area contributed by atoms with Gasteiger partial charge < -0.3 is 10.5 Å². The van der Waals surface area contributed by atoms with Gasteiger partial charge in [-0.1, -0.05) is 12.1 Å². The molecule has 2 heteroatoms. The number of hydrogen-bond acceptors (Lipinski definition) is 2. The zero-order valence-electron chi connectivity index (χ0n) is 10.3. The molecular weight excluding hydrogens is 198 g/mol. The van der Waals surface area contributed by atoms with E-state index in [1.54, 1.807) is 0 Å². The maximum atomic E-state index is 5.95. The summed E-state index contributed by atoms with van der Waals surface area (Å²) >= 11 is 0. The number of hydrogen-bond donors (Lipinski definition) is 1. The van der Waals surface area contributed by atoms with E-state index in [1.807, 2.05) is 0 Å². The quantitative estimate of drug-likeness (QED) is 0.848. The molecule has 2 rings (SSSR count). The van der Waals surface area contributed by atoms with Crippen molar-refractivity contribution >= 4 is 0 Å². The van der Waals surface area contributed by atoms with Gasteiger partial charge >= 0.3 is 0 Å². The lowest BCUT2D eigenvalue weighted by Crippen LogP contribution is -2.32. The van der Waals surface area contributed by atoms with Crippen molar-refractivity contribution in [3.05, 3.63) is 29.3 Å². The summed E-state index contributed by atoms with van der Waals surface area (Å²) in [5, 5.41) is 0. The van der Waals surface area contributed by atoms with Crippen molar-refractivity contribution in [3.8, 4) is 5.75 Å². The third kappa shape index (κ3) is 2.56. The summed E-state index contributed by atoms with van der Waals surface area (Å²) in [5.74, 6) is 1.06. The van der Waals surface area contributed by atoms with Gasteiger partial charge in [-0.2, -0.15) is 0 Å². The van der Waals surface area contributed by atoms with Crippen molar-refractivity contribution in [1.29, 1.82) is 0 Å². The second-order valence-electron chi connectivity index (χ2n) is 5.20. The average Bonchev–Trinajstić information content (AvgIpc) is 2.25. The molecule has 2 nitrogen and oxygen atoms in total. The number of ether oxygens (including phenoxy) is 1. The van der Waals surface area contributed by atoms with Crippen LogP contribution in [0.4, 0.5) is 0 Å². The van der Waals surface area contributed by atoms with Gasteiger partial charge in [-0.3, -0.25) is 0 Å². The van der Waals surface area contributed by atoms with Crippen LogP contribution in [0.25, 0.3) is 0 Å². The summed E-state index contributed by atoms with van der Waals surface area (Å²) in [6.07, 6.45) is 4.36. The standard InChI is InChI=1S/C14H21NO/c1-14(2)8-7-12-10-11(4-3-9-15)5-6-13(12)16-14/h5-6,10H,3-4,7-9,15H2,1-2H3. The van der Waals surface area contributed by atoms with Gasteiger partial charge in [0.15, 0.2) is 0 Å². The Morgan fingerprint density at radius 2 is 2.19 bits per heavy atom. The number of aryl methyl sites for hydroxylation is 2. The molecule has 0 saturated carbocycles. The van der Waals surface area contributed by atoms with Crippen LogP contribution in [0.1, 0.15) is 37.8 Å². The fraction of sp³-hybridized carbons (Fsp3) is 0.571. The van der Waals surface area contributed by atoms with Gasteiger partial charge in [0.1, 0.15) is 11.4 Å². The lowest BCUT2D eigenvalue weighted by atomic mass is 9.93. The summed E-state index contributed by atoms with van der Waals surface area (Å²) in [7, 11) is 0. The van der Waals surface area contributed by atoms with E-state index in [1.165, 1.54) is 11.1 Å². The van der Waals surface area contributed by atoms with Crippen LogP contribution in [0.2, 0.25) is 0 Å². The predicted octanol–water partition coefficient (Wildman–Crippen LogP) is 2.68.